The Bertz CT molecular complexity index is 514. The van der Waals surface area contributed by atoms with E-state index in [4.69, 9.17) is 0 Å². The Kier molecular flexibility index (Phi) is 8.27. The summed E-state index contributed by atoms with van der Waals surface area (Å²) in [5.74, 6) is 2.36. The molecule has 3 rings (SSSR count). The second kappa shape index (κ2) is 9.44. The maximum Gasteiger partial charge on any atom is 0.255 e. The minimum Gasteiger partial charge on any atom is -0.357 e. The molecule has 1 N–H and O–H groups in total. The van der Waals surface area contributed by atoms with Gasteiger partial charge in [-0.1, -0.05) is 6.92 Å². The highest BCUT2D eigenvalue weighted by atomic mass is 35.5. The van der Waals surface area contributed by atoms with Crippen LogP contribution in [0.2, 0.25) is 0 Å². The third-order valence-corrected chi connectivity index (χ3v) is 4.87. The summed E-state index contributed by atoms with van der Waals surface area (Å²) in [5.41, 5.74) is 0.712. The van der Waals surface area contributed by atoms with Gasteiger partial charge in [0, 0.05) is 45.5 Å². The molecule has 0 saturated carbocycles. The summed E-state index contributed by atoms with van der Waals surface area (Å²) in [6.45, 7) is 10.1. The molecule has 1 aromatic rings. The van der Waals surface area contributed by atoms with Crippen LogP contribution in [-0.2, 0) is 0 Å². The van der Waals surface area contributed by atoms with Crippen LogP contribution in [0, 0.1) is 11.8 Å². The molecule has 2 saturated heterocycles. The molecule has 2 aliphatic heterocycles. The molecule has 1 aromatic heterocycles. The predicted molar refractivity (Wildman–Crippen MR) is 103 cm³/mol. The number of halogens is 2. The van der Waals surface area contributed by atoms with Crippen LogP contribution in [0.3, 0.4) is 0 Å². The van der Waals surface area contributed by atoms with Crippen molar-refractivity contribution in [3.63, 3.8) is 0 Å². The lowest BCUT2D eigenvalue weighted by Gasteiger charge is -2.22. The standard InChI is InChI=1S/C17H26N4O.2ClH/c1-3-7-20(4-2)16-6-5-13(10-19-16)17(22)21-11-14-8-18-9-15(14)12-21;;/h5-6,10,14-15,18H,3-4,7-9,11-12H2,1-2H3;2*1H/t14-,15+;;. The smallest absolute Gasteiger partial charge is 0.255 e. The third-order valence-electron chi connectivity index (χ3n) is 4.87. The molecule has 0 unspecified atom stereocenters. The summed E-state index contributed by atoms with van der Waals surface area (Å²) >= 11 is 0. The van der Waals surface area contributed by atoms with Crippen molar-refractivity contribution in [1.82, 2.24) is 15.2 Å². The molecule has 1 amide bonds. The molecule has 2 atom stereocenters. The number of hydrogen-bond acceptors (Lipinski definition) is 4. The Morgan fingerprint density at radius 1 is 1.25 bits per heavy atom. The van der Waals surface area contributed by atoms with Gasteiger partial charge in [0.25, 0.3) is 5.91 Å². The Labute approximate surface area is 157 Å². The fourth-order valence-electron chi connectivity index (χ4n) is 3.61. The second-order valence-corrected chi connectivity index (χ2v) is 6.37. The van der Waals surface area contributed by atoms with E-state index in [9.17, 15) is 4.79 Å². The predicted octanol–water partition coefficient (Wildman–Crippen LogP) is 2.45. The van der Waals surface area contributed by atoms with Gasteiger partial charge >= 0.3 is 0 Å². The van der Waals surface area contributed by atoms with E-state index in [0.29, 0.717) is 17.4 Å². The molecule has 24 heavy (non-hydrogen) atoms. The molecule has 2 fully saturated rings. The van der Waals surface area contributed by atoms with Crippen molar-refractivity contribution in [3.05, 3.63) is 23.9 Å². The average molecular weight is 375 g/mol. The van der Waals surface area contributed by atoms with Gasteiger partial charge in [-0.05, 0) is 37.3 Å². The minimum absolute atomic E-state index is 0. The summed E-state index contributed by atoms with van der Waals surface area (Å²) in [6.07, 6.45) is 2.84. The number of anilines is 1. The summed E-state index contributed by atoms with van der Waals surface area (Å²) in [6, 6.07) is 3.90. The first-order valence-electron chi connectivity index (χ1n) is 8.44. The van der Waals surface area contributed by atoms with Gasteiger partial charge < -0.3 is 15.1 Å². The van der Waals surface area contributed by atoms with Crippen LogP contribution in [0.15, 0.2) is 18.3 Å². The lowest BCUT2D eigenvalue weighted by molar-refractivity contribution is 0.0781. The number of pyridine rings is 1. The molecule has 0 bridgehead atoms. The van der Waals surface area contributed by atoms with E-state index in [1.54, 1.807) is 6.20 Å². The number of aromatic nitrogens is 1. The van der Waals surface area contributed by atoms with Crippen molar-refractivity contribution in [1.29, 1.82) is 0 Å². The van der Waals surface area contributed by atoms with Crippen molar-refractivity contribution in [2.24, 2.45) is 11.8 Å². The van der Waals surface area contributed by atoms with Gasteiger partial charge in [-0.2, -0.15) is 0 Å². The highest BCUT2D eigenvalue weighted by Crippen LogP contribution is 2.27. The number of hydrogen-bond donors (Lipinski definition) is 1. The summed E-state index contributed by atoms with van der Waals surface area (Å²) < 4.78 is 0. The van der Waals surface area contributed by atoms with Gasteiger partial charge in [0.05, 0.1) is 5.56 Å². The van der Waals surface area contributed by atoms with E-state index < -0.39 is 0 Å². The van der Waals surface area contributed by atoms with Crippen molar-refractivity contribution >= 4 is 36.5 Å². The number of carbonyl (C=O) groups excluding carboxylic acids is 1. The molecule has 0 radical (unpaired) electrons. The van der Waals surface area contributed by atoms with Crippen molar-refractivity contribution in [2.75, 3.05) is 44.2 Å². The van der Waals surface area contributed by atoms with Gasteiger partial charge in [0.1, 0.15) is 5.82 Å². The molecular weight excluding hydrogens is 347 g/mol. The van der Waals surface area contributed by atoms with Crippen molar-refractivity contribution < 1.29 is 4.79 Å². The molecule has 2 aliphatic rings. The molecule has 0 spiro atoms. The van der Waals surface area contributed by atoms with Crippen LogP contribution in [0.4, 0.5) is 5.82 Å². The fourth-order valence-corrected chi connectivity index (χ4v) is 3.61. The van der Waals surface area contributed by atoms with Gasteiger partial charge in [-0.15, -0.1) is 24.8 Å². The maximum atomic E-state index is 12.6. The van der Waals surface area contributed by atoms with Gasteiger partial charge in [-0.25, -0.2) is 4.98 Å². The Hall–Kier alpha value is -1.04. The summed E-state index contributed by atoms with van der Waals surface area (Å²) in [7, 11) is 0. The molecular formula is C17H28Cl2N4O. The average Bonchev–Trinajstić information content (AvgIpc) is 3.13. The molecule has 0 aromatic carbocycles. The number of amides is 1. The zero-order valence-electron chi connectivity index (χ0n) is 14.4. The SMILES string of the molecule is CCCN(CC)c1ccc(C(=O)N2C[C@H]3CNC[C@H]3C2)cn1.Cl.Cl. The lowest BCUT2D eigenvalue weighted by atomic mass is 10.0. The van der Waals surface area contributed by atoms with Crippen LogP contribution < -0.4 is 10.2 Å². The van der Waals surface area contributed by atoms with Crippen LogP contribution in [0.5, 0.6) is 0 Å². The number of carbonyl (C=O) groups is 1. The topological polar surface area (TPSA) is 48.5 Å². The first kappa shape index (κ1) is 21.0. The third kappa shape index (κ3) is 4.32. The number of likely N-dealkylation sites (tertiary alicyclic amines) is 1. The highest BCUT2D eigenvalue weighted by Gasteiger charge is 2.38. The summed E-state index contributed by atoms with van der Waals surface area (Å²) in [5, 5.41) is 3.41. The van der Waals surface area contributed by atoms with E-state index in [1.807, 2.05) is 17.0 Å². The zero-order chi connectivity index (χ0) is 15.5. The normalized spacial score (nSPS) is 21.7. The van der Waals surface area contributed by atoms with E-state index in [0.717, 1.165) is 51.5 Å². The Balaban J connectivity index is 0.00000144. The van der Waals surface area contributed by atoms with E-state index in [-0.39, 0.29) is 30.7 Å². The van der Waals surface area contributed by atoms with Gasteiger partial charge in [0.2, 0.25) is 0 Å². The second-order valence-electron chi connectivity index (χ2n) is 6.37. The first-order valence-corrected chi connectivity index (χ1v) is 8.44. The van der Waals surface area contributed by atoms with Crippen LogP contribution in [0.1, 0.15) is 30.6 Å². The van der Waals surface area contributed by atoms with Crippen LogP contribution >= 0.6 is 24.8 Å². The number of nitrogens with one attached hydrogen (secondary N) is 1. The van der Waals surface area contributed by atoms with Crippen LogP contribution in [0.25, 0.3) is 0 Å². The maximum absolute atomic E-state index is 12.6. The van der Waals surface area contributed by atoms with E-state index >= 15 is 0 Å². The molecule has 5 nitrogen and oxygen atoms in total. The first-order chi connectivity index (χ1) is 10.7. The van der Waals surface area contributed by atoms with Crippen molar-refractivity contribution in [2.45, 2.75) is 20.3 Å². The highest BCUT2D eigenvalue weighted by molar-refractivity contribution is 5.94. The lowest BCUT2D eigenvalue weighted by Crippen LogP contribution is -2.32. The Morgan fingerprint density at radius 2 is 1.92 bits per heavy atom. The quantitative estimate of drug-likeness (QED) is 0.859. The minimum atomic E-state index is 0. The monoisotopic (exact) mass is 374 g/mol. The fraction of sp³-hybridized carbons (Fsp3) is 0.647. The number of nitrogens with zero attached hydrogens (tertiary/aromatic N) is 3. The van der Waals surface area contributed by atoms with Gasteiger partial charge in [0.15, 0.2) is 0 Å². The summed E-state index contributed by atoms with van der Waals surface area (Å²) in [4.78, 5) is 21.3. The molecule has 7 heteroatoms. The van der Waals surface area contributed by atoms with E-state index in [2.05, 4.69) is 29.0 Å². The Morgan fingerprint density at radius 3 is 2.42 bits per heavy atom. The number of fused-ring (bicyclic) bond motifs is 1. The zero-order valence-corrected chi connectivity index (χ0v) is 16.0. The van der Waals surface area contributed by atoms with Crippen molar-refractivity contribution in [3.8, 4) is 0 Å². The molecule has 0 aliphatic carbocycles. The van der Waals surface area contributed by atoms with Crippen LogP contribution in [-0.4, -0.2) is 55.1 Å². The van der Waals surface area contributed by atoms with E-state index in [1.165, 1.54) is 0 Å². The van der Waals surface area contributed by atoms with Gasteiger partial charge in [-0.3, -0.25) is 4.79 Å². The number of rotatable bonds is 5. The molecule has 136 valence electrons. The molecule has 3 heterocycles. The largest absolute Gasteiger partial charge is 0.357 e.